The van der Waals surface area contributed by atoms with Crippen LogP contribution in [-0.4, -0.2) is 47.6 Å². The number of hydrogen-bond donors (Lipinski definition) is 1. The highest BCUT2D eigenvalue weighted by Crippen LogP contribution is 2.24. The molecule has 0 aliphatic carbocycles. The van der Waals surface area contributed by atoms with Crippen molar-refractivity contribution in [3.63, 3.8) is 0 Å². The van der Waals surface area contributed by atoms with Crippen LogP contribution in [-0.2, 0) is 9.53 Å². The van der Waals surface area contributed by atoms with Crippen LogP contribution in [0.15, 0.2) is 48.5 Å². The fraction of sp³-hybridized carbons (Fsp3) is 0.227. The van der Waals surface area contributed by atoms with Crippen molar-refractivity contribution in [1.29, 1.82) is 0 Å². The van der Waals surface area contributed by atoms with Crippen molar-refractivity contribution < 1.29 is 28.7 Å². The Bertz CT molecular complexity index is 1020. The quantitative estimate of drug-likeness (QED) is 0.556. The van der Waals surface area contributed by atoms with Gasteiger partial charge in [0.2, 0.25) is 0 Å². The average molecular weight is 408 g/mol. The molecular weight excluding hydrogens is 388 g/mol. The summed E-state index contributed by atoms with van der Waals surface area (Å²) in [6.07, 6.45) is 1.52. The molecule has 4 amide bonds. The number of imide groups is 2. The van der Waals surface area contributed by atoms with Gasteiger partial charge >= 0.3 is 5.97 Å². The third-order valence-electron chi connectivity index (χ3n) is 4.56. The number of benzene rings is 2. The number of esters is 1. The first-order valence-electron chi connectivity index (χ1n) is 9.49. The highest BCUT2D eigenvalue weighted by atomic mass is 16.5. The van der Waals surface area contributed by atoms with Gasteiger partial charge in [-0.05, 0) is 36.8 Å². The van der Waals surface area contributed by atoms with Gasteiger partial charge in [0.05, 0.1) is 16.7 Å². The van der Waals surface area contributed by atoms with Gasteiger partial charge in [0.15, 0.2) is 6.61 Å². The number of carbonyl (C=O) groups excluding carboxylic acids is 5. The second-order valence-corrected chi connectivity index (χ2v) is 6.70. The number of hydrogen-bond acceptors (Lipinski definition) is 6. The van der Waals surface area contributed by atoms with E-state index < -0.39 is 30.3 Å². The van der Waals surface area contributed by atoms with Crippen LogP contribution in [0.3, 0.4) is 0 Å². The van der Waals surface area contributed by atoms with E-state index in [2.05, 4.69) is 5.32 Å². The largest absolute Gasteiger partial charge is 0.452 e. The third-order valence-corrected chi connectivity index (χ3v) is 4.56. The molecule has 1 aliphatic heterocycles. The lowest BCUT2D eigenvalue weighted by Gasteiger charge is -2.12. The summed E-state index contributed by atoms with van der Waals surface area (Å²) in [5.74, 6) is -3.07. The molecule has 1 N–H and O–H groups in total. The maximum absolute atomic E-state index is 12.5. The molecule has 3 rings (SSSR count). The second kappa shape index (κ2) is 9.13. The van der Waals surface area contributed by atoms with E-state index in [4.69, 9.17) is 4.74 Å². The van der Waals surface area contributed by atoms with E-state index in [-0.39, 0.29) is 22.6 Å². The van der Waals surface area contributed by atoms with Crippen molar-refractivity contribution in [1.82, 2.24) is 10.2 Å². The molecule has 2 aromatic carbocycles. The van der Waals surface area contributed by atoms with Crippen LogP contribution in [0.1, 0.15) is 61.2 Å². The van der Waals surface area contributed by atoms with Crippen molar-refractivity contribution in [2.75, 3.05) is 13.2 Å². The molecule has 0 unspecified atom stereocenters. The zero-order chi connectivity index (χ0) is 21.7. The summed E-state index contributed by atoms with van der Waals surface area (Å²) < 4.78 is 4.93. The predicted octanol–water partition coefficient (Wildman–Crippen LogP) is 2.20. The minimum Gasteiger partial charge on any atom is -0.452 e. The van der Waals surface area contributed by atoms with Gasteiger partial charge in [-0.3, -0.25) is 29.4 Å². The minimum atomic E-state index is -0.840. The molecule has 8 nitrogen and oxygen atoms in total. The predicted molar refractivity (Wildman–Crippen MR) is 106 cm³/mol. The SMILES string of the molecule is CCCCN1C(=O)c2ccc(C(=O)OCC(=O)NC(=O)c3ccccc3)cc2C1=O. The fourth-order valence-electron chi connectivity index (χ4n) is 2.98. The van der Waals surface area contributed by atoms with E-state index in [1.807, 2.05) is 6.92 Å². The summed E-state index contributed by atoms with van der Waals surface area (Å²) >= 11 is 0. The van der Waals surface area contributed by atoms with Gasteiger partial charge < -0.3 is 4.74 Å². The Hall–Kier alpha value is -3.81. The molecule has 1 aliphatic rings. The molecular formula is C22H20N2O6. The zero-order valence-electron chi connectivity index (χ0n) is 16.3. The smallest absolute Gasteiger partial charge is 0.338 e. The molecule has 8 heteroatoms. The molecule has 1 heterocycles. The van der Waals surface area contributed by atoms with E-state index >= 15 is 0 Å². The number of nitrogens with zero attached hydrogens (tertiary/aromatic N) is 1. The highest BCUT2D eigenvalue weighted by Gasteiger charge is 2.35. The summed E-state index contributed by atoms with van der Waals surface area (Å²) in [4.78, 5) is 62.0. The standard InChI is InChI=1S/C22H20N2O6/c1-2-3-11-24-20(27)16-10-9-15(12-17(16)21(24)28)22(29)30-13-18(25)23-19(26)14-7-5-4-6-8-14/h4-10,12H,2-3,11,13H2,1H3,(H,23,25,26). The van der Waals surface area contributed by atoms with Crippen molar-refractivity contribution in [2.24, 2.45) is 0 Å². The van der Waals surface area contributed by atoms with E-state index in [0.717, 1.165) is 11.3 Å². The number of amides is 4. The molecule has 0 bridgehead atoms. The van der Waals surface area contributed by atoms with Crippen LogP contribution in [0.5, 0.6) is 0 Å². The molecule has 2 aromatic rings. The number of unbranched alkanes of at least 4 members (excludes halogenated alkanes) is 1. The molecule has 0 fully saturated rings. The summed E-state index contributed by atoms with van der Waals surface area (Å²) in [6, 6.07) is 12.2. The molecule has 0 radical (unpaired) electrons. The van der Waals surface area contributed by atoms with Crippen LogP contribution in [0, 0.1) is 0 Å². The van der Waals surface area contributed by atoms with Crippen molar-refractivity contribution >= 4 is 29.6 Å². The zero-order valence-corrected chi connectivity index (χ0v) is 16.3. The molecule has 30 heavy (non-hydrogen) atoms. The molecule has 0 saturated heterocycles. The second-order valence-electron chi connectivity index (χ2n) is 6.70. The normalized spacial score (nSPS) is 12.5. The van der Waals surface area contributed by atoms with Gasteiger partial charge in [-0.15, -0.1) is 0 Å². The first-order valence-corrected chi connectivity index (χ1v) is 9.49. The topological polar surface area (TPSA) is 110 Å². The Morgan fingerprint density at radius 3 is 2.33 bits per heavy atom. The van der Waals surface area contributed by atoms with Crippen LogP contribution >= 0.6 is 0 Å². The van der Waals surface area contributed by atoms with E-state index in [9.17, 15) is 24.0 Å². The molecule has 0 saturated carbocycles. The van der Waals surface area contributed by atoms with Gasteiger partial charge in [0, 0.05) is 12.1 Å². The van der Waals surface area contributed by atoms with Crippen molar-refractivity contribution in [2.45, 2.75) is 19.8 Å². The highest BCUT2D eigenvalue weighted by molar-refractivity contribution is 6.22. The van der Waals surface area contributed by atoms with Gasteiger partial charge in [0.1, 0.15) is 0 Å². The maximum Gasteiger partial charge on any atom is 0.338 e. The number of rotatable bonds is 7. The Labute approximate surface area is 172 Å². The number of fused-ring (bicyclic) bond motifs is 1. The van der Waals surface area contributed by atoms with E-state index in [1.54, 1.807) is 30.3 Å². The Kier molecular flexibility index (Phi) is 6.36. The lowest BCUT2D eigenvalue weighted by Crippen LogP contribution is -2.34. The summed E-state index contributed by atoms with van der Waals surface area (Å²) in [6.45, 7) is 1.61. The summed E-state index contributed by atoms with van der Waals surface area (Å²) in [7, 11) is 0. The Balaban J connectivity index is 1.60. The lowest BCUT2D eigenvalue weighted by molar-refractivity contribution is -0.123. The molecule has 0 spiro atoms. The minimum absolute atomic E-state index is 0.0365. The van der Waals surface area contributed by atoms with Gasteiger partial charge in [-0.25, -0.2) is 4.79 Å². The summed E-state index contributed by atoms with van der Waals surface area (Å²) in [5.41, 5.74) is 0.703. The van der Waals surface area contributed by atoms with E-state index in [1.165, 1.54) is 18.2 Å². The van der Waals surface area contributed by atoms with Gasteiger partial charge in [-0.2, -0.15) is 0 Å². The van der Waals surface area contributed by atoms with Crippen LogP contribution in [0.4, 0.5) is 0 Å². The number of ether oxygens (including phenoxy) is 1. The van der Waals surface area contributed by atoms with E-state index in [0.29, 0.717) is 18.5 Å². The molecule has 154 valence electrons. The summed E-state index contributed by atoms with van der Waals surface area (Å²) in [5, 5.41) is 2.12. The maximum atomic E-state index is 12.5. The van der Waals surface area contributed by atoms with Crippen LogP contribution in [0.2, 0.25) is 0 Å². The van der Waals surface area contributed by atoms with Crippen LogP contribution < -0.4 is 5.32 Å². The van der Waals surface area contributed by atoms with Gasteiger partial charge in [0.25, 0.3) is 23.6 Å². The number of carbonyl (C=O) groups is 5. The average Bonchev–Trinajstić information content (AvgIpc) is 3.00. The number of nitrogens with one attached hydrogen (secondary N) is 1. The fourth-order valence-corrected chi connectivity index (χ4v) is 2.98. The first kappa shape index (κ1) is 20.9. The Morgan fingerprint density at radius 2 is 1.63 bits per heavy atom. The van der Waals surface area contributed by atoms with Crippen molar-refractivity contribution in [3.05, 3.63) is 70.8 Å². The van der Waals surface area contributed by atoms with Crippen molar-refractivity contribution in [3.8, 4) is 0 Å². The molecule has 0 atom stereocenters. The lowest BCUT2D eigenvalue weighted by atomic mass is 10.1. The molecule has 0 aromatic heterocycles. The Morgan fingerprint density at radius 1 is 0.933 bits per heavy atom. The first-order chi connectivity index (χ1) is 14.4. The third kappa shape index (κ3) is 4.43. The van der Waals surface area contributed by atoms with Crippen LogP contribution in [0.25, 0.3) is 0 Å². The van der Waals surface area contributed by atoms with Gasteiger partial charge in [-0.1, -0.05) is 31.5 Å². The monoisotopic (exact) mass is 408 g/mol.